The Kier molecular flexibility index (Phi) is 4.45. The second kappa shape index (κ2) is 6.09. The Bertz CT molecular complexity index is 633. The van der Waals surface area contributed by atoms with Crippen LogP contribution in [0.5, 0.6) is 5.75 Å². The monoisotopic (exact) mass is 333 g/mol. The molecule has 0 aliphatic rings. The summed E-state index contributed by atoms with van der Waals surface area (Å²) in [5.41, 5.74) is 3.41. The van der Waals surface area contributed by atoms with Gasteiger partial charge >= 0.3 is 0 Å². The lowest BCUT2D eigenvalue weighted by Crippen LogP contribution is -2.12. The van der Waals surface area contributed by atoms with E-state index in [1.807, 2.05) is 44.2 Å². The second-order valence-corrected chi connectivity index (χ2v) is 5.57. The third kappa shape index (κ3) is 3.39. The number of anilines is 1. The SMILES string of the molecule is COc1ccc(NC(=O)c2cc(C)cc(Br)c2)cc1C. The third-order valence-electron chi connectivity index (χ3n) is 2.96. The lowest BCUT2D eigenvalue weighted by molar-refractivity contribution is 0.102. The minimum atomic E-state index is -0.126. The van der Waals surface area contributed by atoms with Crippen LogP contribution in [-0.4, -0.2) is 13.0 Å². The molecule has 2 rings (SSSR count). The normalized spacial score (nSPS) is 10.2. The van der Waals surface area contributed by atoms with Gasteiger partial charge in [0.1, 0.15) is 5.75 Å². The van der Waals surface area contributed by atoms with E-state index < -0.39 is 0 Å². The van der Waals surface area contributed by atoms with Gasteiger partial charge in [-0.05, 0) is 61.4 Å². The molecule has 0 saturated carbocycles. The van der Waals surface area contributed by atoms with Gasteiger partial charge in [-0.15, -0.1) is 0 Å². The zero-order valence-electron chi connectivity index (χ0n) is 11.7. The molecule has 0 aliphatic carbocycles. The highest BCUT2D eigenvalue weighted by atomic mass is 79.9. The maximum absolute atomic E-state index is 12.2. The van der Waals surface area contributed by atoms with Crippen molar-refractivity contribution in [3.8, 4) is 5.75 Å². The first-order valence-electron chi connectivity index (χ1n) is 6.23. The summed E-state index contributed by atoms with van der Waals surface area (Å²) in [6.45, 7) is 3.90. The van der Waals surface area contributed by atoms with Crippen LogP contribution in [0.4, 0.5) is 5.69 Å². The molecule has 0 spiro atoms. The standard InChI is InChI=1S/C16H16BrNO2/c1-10-6-12(9-13(17)7-10)16(19)18-14-4-5-15(20-3)11(2)8-14/h4-9H,1-3H3,(H,18,19). The first-order valence-corrected chi connectivity index (χ1v) is 7.02. The van der Waals surface area contributed by atoms with Crippen LogP contribution in [0.2, 0.25) is 0 Å². The van der Waals surface area contributed by atoms with Crippen molar-refractivity contribution in [1.29, 1.82) is 0 Å². The van der Waals surface area contributed by atoms with E-state index in [1.54, 1.807) is 13.2 Å². The van der Waals surface area contributed by atoms with E-state index in [1.165, 1.54) is 0 Å². The molecule has 20 heavy (non-hydrogen) atoms. The van der Waals surface area contributed by atoms with E-state index in [9.17, 15) is 4.79 Å². The van der Waals surface area contributed by atoms with E-state index in [2.05, 4.69) is 21.2 Å². The van der Waals surface area contributed by atoms with Crippen molar-refractivity contribution in [2.75, 3.05) is 12.4 Å². The molecule has 1 amide bonds. The van der Waals surface area contributed by atoms with Gasteiger partial charge < -0.3 is 10.1 Å². The molecule has 0 bridgehead atoms. The van der Waals surface area contributed by atoms with Crippen LogP contribution in [0.15, 0.2) is 40.9 Å². The predicted molar refractivity (Wildman–Crippen MR) is 84.6 cm³/mol. The van der Waals surface area contributed by atoms with Crippen LogP contribution in [-0.2, 0) is 0 Å². The molecule has 1 N–H and O–H groups in total. The Morgan fingerprint density at radius 2 is 1.90 bits per heavy atom. The Morgan fingerprint density at radius 3 is 2.50 bits per heavy atom. The highest BCUT2D eigenvalue weighted by Gasteiger charge is 2.08. The summed E-state index contributed by atoms with van der Waals surface area (Å²) in [5, 5.41) is 2.89. The molecule has 0 fully saturated rings. The largest absolute Gasteiger partial charge is 0.496 e. The van der Waals surface area contributed by atoms with Crippen LogP contribution in [0, 0.1) is 13.8 Å². The summed E-state index contributed by atoms with van der Waals surface area (Å²) < 4.78 is 6.10. The minimum absolute atomic E-state index is 0.126. The van der Waals surface area contributed by atoms with E-state index in [0.717, 1.165) is 27.0 Å². The number of amides is 1. The van der Waals surface area contributed by atoms with Gasteiger partial charge in [0, 0.05) is 15.7 Å². The molecule has 2 aromatic rings. The van der Waals surface area contributed by atoms with E-state index in [0.29, 0.717) is 5.56 Å². The average Bonchev–Trinajstić information content (AvgIpc) is 2.37. The van der Waals surface area contributed by atoms with Crippen LogP contribution in [0.1, 0.15) is 21.5 Å². The van der Waals surface area contributed by atoms with Crippen molar-refractivity contribution in [2.24, 2.45) is 0 Å². The fourth-order valence-electron chi connectivity index (χ4n) is 2.03. The number of ether oxygens (including phenoxy) is 1. The van der Waals surface area contributed by atoms with Crippen molar-refractivity contribution in [3.05, 3.63) is 57.6 Å². The van der Waals surface area contributed by atoms with Crippen LogP contribution in [0.3, 0.4) is 0 Å². The number of carbonyl (C=O) groups is 1. The lowest BCUT2D eigenvalue weighted by Gasteiger charge is -2.09. The highest BCUT2D eigenvalue weighted by Crippen LogP contribution is 2.22. The summed E-state index contributed by atoms with van der Waals surface area (Å²) in [6, 6.07) is 11.2. The summed E-state index contributed by atoms with van der Waals surface area (Å²) >= 11 is 3.40. The molecule has 0 unspecified atom stereocenters. The average molecular weight is 334 g/mol. The number of methoxy groups -OCH3 is 1. The van der Waals surface area contributed by atoms with Crippen molar-refractivity contribution >= 4 is 27.5 Å². The fourth-order valence-corrected chi connectivity index (χ4v) is 2.63. The van der Waals surface area contributed by atoms with Gasteiger partial charge in [-0.1, -0.05) is 15.9 Å². The number of nitrogens with one attached hydrogen (secondary N) is 1. The van der Waals surface area contributed by atoms with Crippen molar-refractivity contribution in [3.63, 3.8) is 0 Å². The minimum Gasteiger partial charge on any atom is -0.496 e. The number of carbonyl (C=O) groups excluding carboxylic acids is 1. The van der Waals surface area contributed by atoms with Crippen LogP contribution < -0.4 is 10.1 Å². The molecule has 2 aromatic carbocycles. The number of benzene rings is 2. The molecule has 0 aromatic heterocycles. The Hall–Kier alpha value is -1.81. The molecule has 0 saturated heterocycles. The van der Waals surface area contributed by atoms with Gasteiger partial charge in [-0.3, -0.25) is 4.79 Å². The first kappa shape index (κ1) is 14.6. The Morgan fingerprint density at radius 1 is 1.15 bits per heavy atom. The quantitative estimate of drug-likeness (QED) is 0.907. The van der Waals surface area contributed by atoms with E-state index in [-0.39, 0.29) is 5.91 Å². The number of halogens is 1. The Balaban J connectivity index is 2.21. The summed E-state index contributed by atoms with van der Waals surface area (Å²) in [7, 11) is 1.63. The number of rotatable bonds is 3. The zero-order valence-corrected chi connectivity index (χ0v) is 13.2. The summed E-state index contributed by atoms with van der Waals surface area (Å²) in [6.07, 6.45) is 0. The molecule has 3 nitrogen and oxygen atoms in total. The van der Waals surface area contributed by atoms with Gasteiger partial charge in [0.15, 0.2) is 0 Å². The molecule has 4 heteroatoms. The van der Waals surface area contributed by atoms with Crippen molar-refractivity contribution in [1.82, 2.24) is 0 Å². The molecule has 0 atom stereocenters. The summed E-state index contributed by atoms with van der Waals surface area (Å²) in [5.74, 6) is 0.681. The zero-order chi connectivity index (χ0) is 14.7. The molecule has 0 aliphatic heterocycles. The maximum Gasteiger partial charge on any atom is 0.255 e. The molecule has 0 radical (unpaired) electrons. The smallest absolute Gasteiger partial charge is 0.255 e. The Labute approximate surface area is 127 Å². The topological polar surface area (TPSA) is 38.3 Å². The van der Waals surface area contributed by atoms with Gasteiger partial charge in [-0.25, -0.2) is 0 Å². The summed E-state index contributed by atoms with van der Waals surface area (Å²) in [4.78, 5) is 12.2. The first-order chi connectivity index (χ1) is 9.49. The number of hydrogen-bond acceptors (Lipinski definition) is 2. The van der Waals surface area contributed by atoms with Gasteiger partial charge in [-0.2, -0.15) is 0 Å². The van der Waals surface area contributed by atoms with E-state index >= 15 is 0 Å². The number of aryl methyl sites for hydroxylation is 2. The van der Waals surface area contributed by atoms with Gasteiger partial charge in [0.05, 0.1) is 7.11 Å². The highest BCUT2D eigenvalue weighted by molar-refractivity contribution is 9.10. The van der Waals surface area contributed by atoms with Crippen molar-refractivity contribution < 1.29 is 9.53 Å². The maximum atomic E-state index is 12.2. The lowest BCUT2D eigenvalue weighted by atomic mass is 10.1. The molecular formula is C16H16BrNO2. The van der Waals surface area contributed by atoms with Gasteiger partial charge in [0.25, 0.3) is 5.91 Å². The predicted octanol–water partition coefficient (Wildman–Crippen LogP) is 4.33. The van der Waals surface area contributed by atoms with Crippen LogP contribution in [0.25, 0.3) is 0 Å². The fraction of sp³-hybridized carbons (Fsp3) is 0.188. The molecule has 0 heterocycles. The molecule has 104 valence electrons. The second-order valence-electron chi connectivity index (χ2n) is 4.66. The molecular weight excluding hydrogens is 318 g/mol. The number of hydrogen-bond donors (Lipinski definition) is 1. The van der Waals surface area contributed by atoms with E-state index in [4.69, 9.17) is 4.74 Å². The third-order valence-corrected chi connectivity index (χ3v) is 3.41. The van der Waals surface area contributed by atoms with Gasteiger partial charge in [0.2, 0.25) is 0 Å². The van der Waals surface area contributed by atoms with Crippen molar-refractivity contribution in [2.45, 2.75) is 13.8 Å². The van der Waals surface area contributed by atoms with Crippen LogP contribution >= 0.6 is 15.9 Å².